The van der Waals surface area contributed by atoms with E-state index in [1.807, 2.05) is 12.2 Å². The molecule has 0 aliphatic carbocycles. The maximum atomic E-state index is 12.6. The summed E-state index contributed by atoms with van der Waals surface area (Å²) in [6.45, 7) is 2.15. The van der Waals surface area contributed by atoms with E-state index in [9.17, 15) is 24.2 Å². The van der Waals surface area contributed by atoms with Gasteiger partial charge >= 0.3 is 19.8 Å². The molecule has 3 atom stereocenters. The van der Waals surface area contributed by atoms with Crippen LogP contribution in [0.15, 0.2) is 85.1 Å². The zero-order valence-corrected chi connectivity index (χ0v) is 36.2. The first-order valence-electron chi connectivity index (χ1n) is 21.5. The summed E-state index contributed by atoms with van der Waals surface area (Å²) in [5.41, 5.74) is 0. The minimum Gasteiger partial charge on any atom is -0.462 e. The van der Waals surface area contributed by atoms with Crippen molar-refractivity contribution in [3.63, 3.8) is 0 Å². The van der Waals surface area contributed by atoms with E-state index in [1.54, 1.807) is 0 Å². The molecule has 0 amide bonds. The summed E-state index contributed by atoms with van der Waals surface area (Å²) in [6.07, 6.45) is 48.5. The monoisotopic (exact) mass is 821 g/mol. The number of aliphatic hydroxyl groups is 2. The van der Waals surface area contributed by atoms with Gasteiger partial charge in [0.2, 0.25) is 0 Å². The third-order valence-electron chi connectivity index (χ3n) is 8.55. The number of unbranched alkanes of at least 4 members (excludes halogenated alkanes) is 11. The SMILES string of the molecule is CC/C=C/C/C=C/C/C=C/C/C=C/C/C=C/C/C=C/CCC(=O)OC[C@H](COP(=O)(O)OC[C@@H](O)CO)OC(=O)CCCCCCC/C=C/CCCCCCCC. The average molecular weight is 821 g/mol. The highest BCUT2D eigenvalue weighted by molar-refractivity contribution is 7.47. The quantitative estimate of drug-likeness (QED) is 0.0237. The van der Waals surface area contributed by atoms with Crippen molar-refractivity contribution in [2.24, 2.45) is 0 Å². The molecule has 0 aliphatic rings. The van der Waals surface area contributed by atoms with E-state index in [0.29, 0.717) is 12.8 Å². The molecule has 0 spiro atoms. The van der Waals surface area contributed by atoms with Gasteiger partial charge in [0.25, 0.3) is 0 Å². The third-order valence-corrected chi connectivity index (χ3v) is 9.50. The molecule has 0 aromatic rings. The van der Waals surface area contributed by atoms with Crippen LogP contribution < -0.4 is 0 Å². The molecule has 326 valence electrons. The number of phosphoric acid groups is 1. The lowest BCUT2D eigenvalue weighted by Gasteiger charge is -2.20. The van der Waals surface area contributed by atoms with Crippen LogP contribution in [-0.2, 0) is 32.7 Å². The maximum absolute atomic E-state index is 12.6. The Balaban J connectivity index is 4.45. The summed E-state index contributed by atoms with van der Waals surface area (Å²) in [7, 11) is -4.64. The minimum atomic E-state index is -4.64. The average Bonchev–Trinajstić information content (AvgIpc) is 3.20. The van der Waals surface area contributed by atoms with Crippen LogP contribution in [0.25, 0.3) is 0 Å². The van der Waals surface area contributed by atoms with Gasteiger partial charge in [-0.05, 0) is 77.0 Å². The van der Waals surface area contributed by atoms with Crippen LogP contribution in [0.2, 0.25) is 0 Å². The number of rotatable bonds is 39. The zero-order chi connectivity index (χ0) is 41.9. The Morgan fingerprint density at radius 3 is 1.53 bits per heavy atom. The lowest BCUT2D eigenvalue weighted by atomic mass is 10.1. The molecular weight excluding hydrogens is 743 g/mol. The molecule has 0 rings (SSSR count). The first-order chi connectivity index (χ1) is 27.7. The molecule has 11 heteroatoms. The molecule has 10 nitrogen and oxygen atoms in total. The van der Waals surface area contributed by atoms with Gasteiger partial charge in [0.1, 0.15) is 12.7 Å². The Morgan fingerprint density at radius 1 is 0.544 bits per heavy atom. The van der Waals surface area contributed by atoms with Crippen molar-refractivity contribution in [1.29, 1.82) is 0 Å². The molecule has 0 aliphatic heterocycles. The highest BCUT2D eigenvalue weighted by Gasteiger charge is 2.27. The molecular formula is C46H77O10P. The molecule has 57 heavy (non-hydrogen) atoms. The fourth-order valence-corrected chi connectivity index (χ4v) is 6.04. The molecule has 0 fully saturated rings. The highest BCUT2D eigenvalue weighted by atomic mass is 31.2. The molecule has 0 bridgehead atoms. The second kappa shape index (κ2) is 41.3. The molecule has 0 aromatic carbocycles. The van der Waals surface area contributed by atoms with Crippen LogP contribution >= 0.6 is 7.82 Å². The van der Waals surface area contributed by atoms with Crippen LogP contribution in [0.1, 0.15) is 155 Å². The third kappa shape index (κ3) is 41.1. The molecule has 0 aromatic heterocycles. The topological polar surface area (TPSA) is 149 Å². The molecule has 0 saturated heterocycles. The van der Waals surface area contributed by atoms with Crippen molar-refractivity contribution < 1.29 is 47.8 Å². The smallest absolute Gasteiger partial charge is 0.462 e. The number of ether oxygens (including phenoxy) is 2. The fraction of sp³-hybridized carbons (Fsp3) is 0.652. The predicted octanol–water partition coefficient (Wildman–Crippen LogP) is 11.4. The first kappa shape index (κ1) is 54.2. The summed E-state index contributed by atoms with van der Waals surface area (Å²) in [5.74, 6) is -1.04. The van der Waals surface area contributed by atoms with E-state index in [1.165, 1.54) is 38.5 Å². The fourth-order valence-electron chi connectivity index (χ4n) is 5.25. The van der Waals surface area contributed by atoms with Crippen molar-refractivity contribution >= 4 is 19.8 Å². The Kier molecular flexibility index (Phi) is 39.2. The largest absolute Gasteiger partial charge is 0.472 e. The van der Waals surface area contributed by atoms with E-state index in [2.05, 4.69) is 91.3 Å². The van der Waals surface area contributed by atoms with E-state index in [-0.39, 0.29) is 19.4 Å². The number of hydrogen-bond donors (Lipinski definition) is 3. The molecule has 0 saturated carbocycles. The van der Waals surface area contributed by atoms with Crippen LogP contribution in [0.5, 0.6) is 0 Å². The Labute approximate surface area is 345 Å². The molecule has 0 heterocycles. The van der Waals surface area contributed by atoms with Gasteiger partial charge in [-0.3, -0.25) is 18.6 Å². The first-order valence-corrected chi connectivity index (χ1v) is 23.0. The number of phosphoric ester groups is 1. The van der Waals surface area contributed by atoms with Crippen molar-refractivity contribution in [3.05, 3.63) is 85.1 Å². The van der Waals surface area contributed by atoms with Crippen molar-refractivity contribution in [1.82, 2.24) is 0 Å². The van der Waals surface area contributed by atoms with Gasteiger partial charge in [-0.1, -0.05) is 150 Å². The molecule has 0 radical (unpaired) electrons. The molecule has 3 N–H and O–H groups in total. The van der Waals surface area contributed by atoms with Gasteiger partial charge in [-0.2, -0.15) is 0 Å². The number of allylic oxidation sites excluding steroid dienone is 14. The lowest BCUT2D eigenvalue weighted by molar-refractivity contribution is -0.161. The van der Waals surface area contributed by atoms with E-state index >= 15 is 0 Å². The van der Waals surface area contributed by atoms with Gasteiger partial charge in [0.15, 0.2) is 6.10 Å². The number of hydrogen-bond acceptors (Lipinski definition) is 9. The van der Waals surface area contributed by atoms with Gasteiger partial charge in [-0.15, -0.1) is 0 Å². The summed E-state index contributed by atoms with van der Waals surface area (Å²) >= 11 is 0. The summed E-state index contributed by atoms with van der Waals surface area (Å²) in [6, 6.07) is 0. The van der Waals surface area contributed by atoms with Crippen LogP contribution in [0.3, 0.4) is 0 Å². The number of esters is 2. The standard InChI is InChI=1S/C46H77O10P/c1-3-5-7-9-11-13-15-17-19-20-21-22-24-25-27-29-31-33-35-37-45(49)53-41-44(42-55-57(51,52)54-40-43(48)39-47)56-46(50)38-36-34-32-30-28-26-23-18-16-14-12-10-8-6-4-2/h5,7,11,13,17-19,21-23,25,27,31,33,43-44,47-48H,3-4,6,8-10,12,14-16,20,24,26,28-30,32,34-42H2,1-2H3,(H,51,52)/b7-5+,13-11+,19-17+,22-21+,23-18+,27-25+,33-31+/t43-,44+/m0/s1. The van der Waals surface area contributed by atoms with Gasteiger partial charge in [-0.25, -0.2) is 4.57 Å². The zero-order valence-electron chi connectivity index (χ0n) is 35.3. The van der Waals surface area contributed by atoms with Crippen molar-refractivity contribution in [3.8, 4) is 0 Å². The Morgan fingerprint density at radius 2 is 1.00 bits per heavy atom. The van der Waals surface area contributed by atoms with Crippen LogP contribution in [-0.4, -0.2) is 65.7 Å². The lowest BCUT2D eigenvalue weighted by Crippen LogP contribution is -2.29. The maximum Gasteiger partial charge on any atom is 0.472 e. The highest BCUT2D eigenvalue weighted by Crippen LogP contribution is 2.43. The van der Waals surface area contributed by atoms with E-state index in [4.69, 9.17) is 19.1 Å². The van der Waals surface area contributed by atoms with Crippen LogP contribution in [0, 0.1) is 0 Å². The normalized spacial score (nSPS) is 14.7. The Hall–Kier alpha value is -2.85. The molecule has 1 unspecified atom stereocenters. The number of carbonyl (C=O) groups is 2. The van der Waals surface area contributed by atoms with Gasteiger partial charge in [0, 0.05) is 12.8 Å². The Bertz CT molecular complexity index is 1220. The second-order valence-electron chi connectivity index (χ2n) is 14.0. The summed E-state index contributed by atoms with van der Waals surface area (Å²) < 4.78 is 32.6. The van der Waals surface area contributed by atoms with Gasteiger partial charge in [0.05, 0.1) is 19.8 Å². The van der Waals surface area contributed by atoms with Gasteiger partial charge < -0.3 is 24.6 Å². The van der Waals surface area contributed by atoms with E-state index in [0.717, 1.165) is 77.0 Å². The van der Waals surface area contributed by atoms with E-state index < -0.39 is 51.8 Å². The predicted molar refractivity (Wildman–Crippen MR) is 233 cm³/mol. The van der Waals surface area contributed by atoms with Crippen molar-refractivity contribution in [2.45, 2.75) is 167 Å². The second-order valence-corrected chi connectivity index (χ2v) is 15.4. The summed E-state index contributed by atoms with van der Waals surface area (Å²) in [5, 5.41) is 18.3. The van der Waals surface area contributed by atoms with Crippen LogP contribution in [0.4, 0.5) is 0 Å². The van der Waals surface area contributed by atoms with Crippen molar-refractivity contribution in [2.75, 3.05) is 26.4 Å². The minimum absolute atomic E-state index is 0.110. The number of aliphatic hydroxyl groups excluding tert-OH is 2. The summed E-state index contributed by atoms with van der Waals surface area (Å²) in [4.78, 5) is 34.9. The number of carbonyl (C=O) groups excluding carboxylic acids is 2.